The smallest absolute Gasteiger partial charge is 0.233 e. The molecule has 4 heterocycles. The molecular formula is C36H49N11O. The maximum Gasteiger partial charge on any atom is 0.233 e. The summed E-state index contributed by atoms with van der Waals surface area (Å²) in [5.74, 6) is 1.61. The van der Waals surface area contributed by atoms with Crippen LogP contribution < -0.4 is 25.3 Å². The summed E-state index contributed by atoms with van der Waals surface area (Å²) in [7, 11) is 10.4. The number of anilines is 7. The number of likely N-dealkylation sites (N-methyl/N-ethyl adjacent to an activating group) is 1. The molecule has 0 radical (unpaired) electrons. The average molecular weight is 652 g/mol. The van der Waals surface area contributed by atoms with Crippen molar-refractivity contribution in [1.82, 2.24) is 29.7 Å². The molecular weight excluding hydrogens is 602 g/mol. The van der Waals surface area contributed by atoms with E-state index in [1.165, 1.54) is 11.4 Å². The Morgan fingerprint density at radius 1 is 0.854 bits per heavy atom. The van der Waals surface area contributed by atoms with Gasteiger partial charge in [-0.3, -0.25) is 9.88 Å². The van der Waals surface area contributed by atoms with Crippen LogP contribution in [0.25, 0.3) is 16.6 Å². The molecule has 0 aliphatic carbocycles. The number of pyridine rings is 1. The summed E-state index contributed by atoms with van der Waals surface area (Å²) in [6.07, 6.45) is 2.30. The van der Waals surface area contributed by atoms with Crippen molar-refractivity contribution < 1.29 is 4.74 Å². The van der Waals surface area contributed by atoms with E-state index in [4.69, 9.17) is 24.7 Å². The first-order valence-electron chi connectivity index (χ1n) is 16.8. The number of nitrogens with one attached hydrogen (secondary N) is 2. The van der Waals surface area contributed by atoms with E-state index >= 15 is 0 Å². The molecule has 0 bridgehead atoms. The molecule has 4 aromatic rings. The zero-order chi connectivity index (χ0) is 33.9. The van der Waals surface area contributed by atoms with Crippen molar-refractivity contribution in [3.05, 3.63) is 59.8 Å². The van der Waals surface area contributed by atoms with Crippen LogP contribution in [0.3, 0.4) is 0 Å². The summed E-state index contributed by atoms with van der Waals surface area (Å²) in [4.78, 5) is 30.8. The fraction of sp³-hybridized carbons (Fsp3) is 0.444. The van der Waals surface area contributed by atoms with E-state index in [0.29, 0.717) is 23.9 Å². The van der Waals surface area contributed by atoms with Gasteiger partial charge in [-0.15, -0.1) is 0 Å². The van der Waals surface area contributed by atoms with Crippen LogP contribution in [0.15, 0.2) is 48.5 Å². The Hall–Kier alpha value is -4.68. The van der Waals surface area contributed by atoms with Crippen molar-refractivity contribution in [3.8, 4) is 0 Å². The van der Waals surface area contributed by atoms with Crippen molar-refractivity contribution in [2.45, 2.75) is 26.8 Å². The second-order valence-electron chi connectivity index (χ2n) is 13.0. The SMILES string of the molecule is CCOCCN1CCN(c2nc(Nc3ccc4c(c3)C(N(C)C)=CC(C)N4C)nc(Nc3ccc4nc(C)cc(N(C)C)c4c3)n2)CC1. The van der Waals surface area contributed by atoms with Gasteiger partial charge >= 0.3 is 0 Å². The molecule has 2 N–H and O–H groups in total. The van der Waals surface area contributed by atoms with Crippen molar-refractivity contribution in [1.29, 1.82) is 0 Å². The zero-order valence-corrected chi connectivity index (χ0v) is 29.6. The molecule has 1 fully saturated rings. The summed E-state index contributed by atoms with van der Waals surface area (Å²) in [6, 6.07) is 15.0. The Bertz CT molecular complexity index is 1780. The van der Waals surface area contributed by atoms with Gasteiger partial charge in [-0.2, -0.15) is 15.0 Å². The van der Waals surface area contributed by atoms with Gasteiger partial charge in [0.25, 0.3) is 0 Å². The normalized spacial score (nSPS) is 16.5. The lowest BCUT2D eigenvalue weighted by Gasteiger charge is -2.35. The Labute approximate surface area is 284 Å². The zero-order valence-electron chi connectivity index (χ0n) is 29.6. The average Bonchev–Trinajstić information content (AvgIpc) is 3.06. The summed E-state index contributed by atoms with van der Waals surface area (Å²) >= 11 is 0. The Morgan fingerprint density at radius 2 is 1.54 bits per heavy atom. The van der Waals surface area contributed by atoms with Crippen LogP contribution >= 0.6 is 0 Å². The monoisotopic (exact) mass is 651 g/mol. The number of nitrogens with zero attached hydrogens (tertiary/aromatic N) is 9. The first-order valence-corrected chi connectivity index (χ1v) is 16.8. The number of hydrogen-bond donors (Lipinski definition) is 2. The van der Waals surface area contributed by atoms with E-state index in [1.54, 1.807) is 0 Å². The number of hydrogen-bond acceptors (Lipinski definition) is 12. The van der Waals surface area contributed by atoms with E-state index in [0.717, 1.165) is 85.2 Å². The molecule has 1 atom stereocenters. The number of benzene rings is 2. The molecule has 0 saturated carbocycles. The third-order valence-electron chi connectivity index (χ3n) is 9.09. The predicted molar refractivity (Wildman–Crippen MR) is 198 cm³/mol. The molecule has 48 heavy (non-hydrogen) atoms. The largest absolute Gasteiger partial charge is 0.380 e. The van der Waals surface area contributed by atoms with Gasteiger partial charge in [0, 0.05) is 126 Å². The van der Waals surface area contributed by atoms with Gasteiger partial charge in [-0.1, -0.05) is 0 Å². The van der Waals surface area contributed by atoms with Gasteiger partial charge in [0.2, 0.25) is 17.8 Å². The minimum Gasteiger partial charge on any atom is -0.380 e. The molecule has 2 aliphatic heterocycles. The fourth-order valence-corrected chi connectivity index (χ4v) is 6.34. The molecule has 2 aromatic heterocycles. The predicted octanol–water partition coefficient (Wildman–Crippen LogP) is 5.18. The summed E-state index contributed by atoms with van der Waals surface area (Å²) < 4.78 is 5.59. The number of rotatable bonds is 11. The van der Waals surface area contributed by atoms with Gasteiger partial charge in [0.15, 0.2) is 0 Å². The number of fused-ring (bicyclic) bond motifs is 2. The summed E-state index contributed by atoms with van der Waals surface area (Å²) in [5.41, 5.74) is 8.39. The first kappa shape index (κ1) is 33.2. The quantitative estimate of drug-likeness (QED) is 0.209. The Morgan fingerprint density at radius 3 is 2.21 bits per heavy atom. The van der Waals surface area contributed by atoms with E-state index < -0.39 is 0 Å². The molecule has 254 valence electrons. The van der Waals surface area contributed by atoms with E-state index in [9.17, 15) is 0 Å². The minimum absolute atomic E-state index is 0.303. The third-order valence-corrected chi connectivity index (χ3v) is 9.09. The van der Waals surface area contributed by atoms with Crippen LogP contribution in [0.1, 0.15) is 25.1 Å². The molecule has 0 spiro atoms. The summed E-state index contributed by atoms with van der Waals surface area (Å²) in [6.45, 7) is 12.2. The topological polar surface area (TPSA) is 101 Å². The highest BCUT2D eigenvalue weighted by atomic mass is 16.5. The highest BCUT2D eigenvalue weighted by molar-refractivity contribution is 5.94. The third kappa shape index (κ3) is 7.24. The Balaban J connectivity index is 1.32. The maximum absolute atomic E-state index is 5.59. The standard InChI is InChI=1S/C36H49N11O/c1-9-48-19-18-46-14-16-47(17-15-46)36-41-34(38-26-10-12-30-28(22-26)32(43(4)5)20-24(2)37-30)40-35(42-36)39-27-11-13-31-29(23-27)33(44(6)7)21-25(3)45(31)8/h10-13,20-23,25H,9,14-19H2,1-8H3,(H2,38,39,40,41,42). The molecule has 6 rings (SSSR count). The van der Waals surface area contributed by atoms with E-state index in [2.05, 4.69) is 114 Å². The van der Waals surface area contributed by atoms with Gasteiger partial charge in [-0.25, -0.2) is 0 Å². The summed E-state index contributed by atoms with van der Waals surface area (Å²) in [5, 5.41) is 8.05. The maximum atomic E-state index is 5.59. The highest BCUT2D eigenvalue weighted by Crippen LogP contribution is 2.37. The molecule has 1 unspecified atom stereocenters. The lowest BCUT2D eigenvalue weighted by atomic mass is 9.99. The number of ether oxygens (including phenoxy) is 1. The van der Waals surface area contributed by atoms with Crippen molar-refractivity contribution >= 4 is 57.2 Å². The highest BCUT2D eigenvalue weighted by Gasteiger charge is 2.24. The van der Waals surface area contributed by atoms with Crippen molar-refractivity contribution in [3.63, 3.8) is 0 Å². The number of aryl methyl sites for hydroxylation is 1. The molecule has 12 nitrogen and oxygen atoms in total. The molecule has 1 saturated heterocycles. The van der Waals surface area contributed by atoms with Gasteiger partial charge in [-0.05, 0) is 69.3 Å². The van der Waals surface area contributed by atoms with E-state index in [1.807, 2.05) is 26.0 Å². The lowest BCUT2D eigenvalue weighted by molar-refractivity contribution is 0.111. The second-order valence-corrected chi connectivity index (χ2v) is 13.0. The molecule has 2 aromatic carbocycles. The van der Waals surface area contributed by atoms with Gasteiger partial charge < -0.3 is 35.0 Å². The number of aromatic nitrogens is 4. The van der Waals surface area contributed by atoms with Crippen LogP contribution in [-0.4, -0.2) is 117 Å². The minimum atomic E-state index is 0.303. The van der Waals surface area contributed by atoms with E-state index in [-0.39, 0.29) is 0 Å². The lowest BCUT2D eigenvalue weighted by Crippen LogP contribution is -2.48. The Kier molecular flexibility index (Phi) is 9.83. The number of piperazine rings is 1. The van der Waals surface area contributed by atoms with Crippen LogP contribution in [0.2, 0.25) is 0 Å². The van der Waals surface area contributed by atoms with Crippen LogP contribution in [0.5, 0.6) is 0 Å². The van der Waals surface area contributed by atoms with Gasteiger partial charge in [0.05, 0.1) is 12.1 Å². The fourth-order valence-electron chi connectivity index (χ4n) is 6.34. The van der Waals surface area contributed by atoms with Gasteiger partial charge in [0.1, 0.15) is 0 Å². The van der Waals surface area contributed by atoms with Crippen LogP contribution in [0.4, 0.5) is 40.6 Å². The molecule has 12 heteroatoms. The van der Waals surface area contributed by atoms with Crippen LogP contribution in [0, 0.1) is 6.92 Å². The molecule has 2 aliphatic rings. The van der Waals surface area contributed by atoms with Crippen LogP contribution in [-0.2, 0) is 4.74 Å². The first-order chi connectivity index (χ1) is 23.1. The van der Waals surface area contributed by atoms with Crippen molar-refractivity contribution in [2.24, 2.45) is 0 Å². The molecule has 0 amide bonds. The second kappa shape index (κ2) is 14.2. The van der Waals surface area contributed by atoms with Crippen molar-refractivity contribution in [2.75, 3.05) is 107 Å².